The summed E-state index contributed by atoms with van der Waals surface area (Å²) in [5.74, 6) is 2.32. The fraction of sp³-hybridized carbons (Fsp3) is 0.941. The van der Waals surface area contributed by atoms with Gasteiger partial charge in [-0.3, -0.25) is 0 Å². The van der Waals surface area contributed by atoms with Gasteiger partial charge in [0.25, 0.3) is 0 Å². The van der Waals surface area contributed by atoms with Crippen LogP contribution in [0.15, 0.2) is 0 Å². The highest BCUT2D eigenvalue weighted by Gasteiger charge is 2.36. The van der Waals surface area contributed by atoms with Gasteiger partial charge in [-0.1, -0.05) is 19.3 Å². The average molecular weight is 296 g/mol. The van der Waals surface area contributed by atoms with E-state index in [1.165, 1.54) is 19.3 Å². The zero-order valence-corrected chi connectivity index (χ0v) is 13.9. The van der Waals surface area contributed by atoms with Crippen molar-refractivity contribution in [1.82, 2.24) is 4.90 Å². The zero-order chi connectivity index (χ0) is 15.5. The minimum absolute atomic E-state index is 0.150. The summed E-state index contributed by atoms with van der Waals surface area (Å²) in [7, 11) is 0. The quantitative estimate of drug-likeness (QED) is 0.868. The summed E-state index contributed by atoms with van der Waals surface area (Å²) in [6, 6.07) is 0. The standard InChI is InChI=1S/C17H32N2O2/c1-17(2,3)21-16(20)19-11-8-14(7-10-18)15(9-12-19)13-5-4-6-13/h13-15H,4-12,18H2,1-3H3. The van der Waals surface area contributed by atoms with Crippen LogP contribution in [0, 0.1) is 17.8 Å². The van der Waals surface area contributed by atoms with Crippen molar-refractivity contribution in [2.24, 2.45) is 23.5 Å². The SMILES string of the molecule is CC(C)(C)OC(=O)N1CCC(CCN)C(C2CCC2)CC1. The van der Waals surface area contributed by atoms with Crippen molar-refractivity contribution in [1.29, 1.82) is 0 Å². The molecule has 0 aromatic carbocycles. The van der Waals surface area contributed by atoms with Crippen molar-refractivity contribution >= 4 is 6.09 Å². The molecule has 0 bridgehead atoms. The van der Waals surface area contributed by atoms with Crippen LogP contribution in [0.1, 0.15) is 59.3 Å². The third kappa shape index (κ3) is 4.60. The van der Waals surface area contributed by atoms with Crippen molar-refractivity contribution < 1.29 is 9.53 Å². The summed E-state index contributed by atoms with van der Waals surface area (Å²) in [6.45, 7) is 8.21. The highest BCUT2D eigenvalue weighted by molar-refractivity contribution is 5.68. The van der Waals surface area contributed by atoms with Gasteiger partial charge >= 0.3 is 6.09 Å². The largest absolute Gasteiger partial charge is 0.444 e. The van der Waals surface area contributed by atoms with Gasteiger partial charge in [-0.05, 0) is 64.3 Å². The first kappa shape index (κ1) is 16.6. The molecule has 21 heavy (non-hydrogen) atoms. The van der Waals surface area contributed by atoms with Crippen LogP contribution in [0.2, 0.25) is 0 Å². The number of hydrogen-bond donors (Lipinski definition) is 1. The topological polar surface area (TPSA) is 55.6 Å². The van der Waals surface area contributed by atoms with Crippen molar-refractivity contribution in [3.05, 3.63) is 0 Å². The molecule has 2 aliphatic rings. The average Bonchev–Trinajstić information content (AvgIpc) is 2.49. The Balaban J connectivity index is 1.95. The lowest BCUT2D eigenvalue weighted by Gasteiger charge is -2.37. The summed E-state index contributed by atoms with van der Waals surface area (Å²) in [5.41, 5.74) is 5.40. The molecule has 1 aliphatic heterocycles. The van der Waals surface area contributed by atoms with E-state index in [0.29, 0.717) is 5.92 Å². The molecule has 2 fully saturated rings. The Kier molecular flexibility index (Phi) is 5.53. The van der Waals surface area contributed by atoms with E-state index in [0.717, 1.165) is 50.7 Å². The van der Waals surface area contributed by atoms with Crippen LogP contribution in [0.4, 0.5) is 4.79 Å². The van der Waals surface area contributed by atoms with Gasteiger partial charge in [-0.25, -0.2) is 4.79 Å². The molecule has 2 unspecified atom stereocenters. The fourth-order valence-electron chi connectivity index (χ4n) is 3.76. The van der Waals surface area contributed by atoms with Crippen molar-refractivity contribution in [3.8, 4) is 0 Å². The van der Waals surface area contributed by atoms with Gasteiger partial charge in [0.2, 0.25) is 0 Å². The molecule has 1 saturated heterocycles. The molecule has 0 radical (unpaired) electrons. The van der Waals surface area contributed by atoms with Crippen LogP contribution < -0.4 is 5.73 Å². The summed E-state index contributed by atoms with van der Waals surface area (Å²) < 4.78 is 5.53. The van der Waals surface area contributed by atoms with Crippen molar-refractivity contribution in [3.63, 3.8) is 0 Å². The fourth-order valence-corrected chi connectivity index (χ4v) is 3.76. The first-order valence-corrected chi connectivity index (χ1v) is 8.58. The summed E-state index contributed by atoms with van der Waals surface area (Å²) in [6.07, 6.45) is 7.28. The normalized spacial score (nSPS) is 27.9. The van der Waals surface area contributed by atoms with Gasteiger partial charge in [-0.2, -0.15) is 0 Å². The van der Waals surface area contributed by atoms with Crippen LogP contribution in [-0.4, -0.2) is 36.2 Å². The van der Waals surface area contributed by atoms with Gasteiger partial charge < -0.3 is 15.4 Å². The Morgan fingerprint density at radius 1 is 1.19 bits per heavy atom. The molecule has 2 N–H and O–H groups in total. The zero-order valence-electron chi connectivity index (χ0n) is 13.9. The second-order valence-corrected chi connectivity index (χ2v) is 7.74. The molecule has 0 aromatic heterocycles. The summed E-state index contributed by atoms with van der Waals surface area (Å²) in [5, 5.41) is 0. The number of likely N-dealkylation sites (tertiary alicyclic amines) is 1. The molecule has 1 aliphatic carbocycles. The second-order valence-electron chi connectivity index (χ2n) is 7.74. The predicted octanol–water partition coefficient (Wildman–Crippen LogP) is 3.40. The molecular weight excluding hydrogens is 264 g/mol. The number of carbonyl (C=O) groups is 1. The molecule has 4 heteroatoms. The molecular formula is C17H32N2O2. The molecule has 2 atom stereocenters. The minimum atomic E-state index is -0.409. The molecule has 1 heterocycles. The third-order valence-corrected chi connectivity index (χ3v) is 5.05. The van der Waals surface area contributed by atoms with Crippen LogP contribution in [-0.2, 0) is 4.74 Å². The number of carbonyl (C=O) groups excluding carboxylic acids is 1. The number of ether oxygens (including phenoxy) is 1. The number of rotatable bonds is 3. The van der Waals surface area contributed by atoms with E-state index in [1.54, 1.807) is 0 Å². The third-order valence-electron chi connectivity index (χ3n) is 5.05. The Labute approximate surface area is 129 Å². The van der Waals surface area contributed by atoms with Crippen LogP contribution >= 0.6 is 0 Å². The minimum Gasteiger partial charge on any atom is -0.444 e. The van der Waals surface area contributed by atoms with Gasteiger partial charge in [0.1, 0.15) is 5.60 Å². The highest BCUT2D eigenvalue weighted by Crippen LogP contribution is 2.42. The number of nitrogens with two attached hydrogens (primary N) is 1. The lowest BCUT2D eigenvalue weighted by Crippen LogP contribution is -2.37. The first-order chi connectivity index (χ1) is 9.90. The van der Waals surface area contributed by atoms with E-state index < -0.39 is 5.60 Å². The molecule has 0 aromatic rings. The smallest absolute Gasteiger partial charge is 0.410 e. The van der Waals surface area contributed by atoms with Crippen LogP contribution in [0.3, 0.4) is 0 Å². The van der Waals surface area contributed by atoms with E-state index in [1.807, 2.05) is 25.7 Å². The Bertz CT molecular complexity index is 347. The maximum Gasteiger partial charge on any atom is 0.410 e. The van der Waals surface area contributed by atoms with E-state index >= 15 is 0 Å². The number of nitrogens with zero attached hydrogens (tertiary/aromatic N) is 1. The second kappa shape index (κ2) is 6.99. The van der Waals surface area contributed by atoms with Crippen molar-refractivity contribution in [2.75, 3.05) is 19.6 Å². The van der Waals surface area contributed by atoms with E-state index in [4.69, 9.17) is 10.5 Å². The van der Waals surface area contributed by atoms with E-state index in [9.17, 15) is 4.79 Å². The molecule has 1 saturated carbocycles. The van der Waals surface area contributed by atoms with Gasteiger partial charge in [-0.15, -0.1) is 0 Å². The molecule has 0 spiro atoms. The Morgan fingerprint density at radius 3 is 2.38 bits per heavy atom. The summed E-state index contributed by atoms with van der Waals surface area (Å²) >= 11 is 0. The Morgan fingerprint density at radius 2 is 1.86 bits per heavy atom. The monoisotopic (exact) mass is 296 g/mol. The molecule has 122 valence electrons. The van der Waals surface area contributed by atoms with Crippen LogP contribution in [0.5, 0.6) is 0 Å². The lowest BCUT2D eigenvalue weighted by atomic mass is 9.68. The summed E-state index contributed by atoms with van der Waals surface area (Å²) in [4.78, 5) is 14.2. The predicted molar refractivity (Wildman–Crippen MR) is 85.0 cm³/mol. The van der Waals surface area contributed by atoms with E-state index in [2.05, 4.69) is 0 Å². The van der Waals surface area contributed by atoms with Gasteiger partial charge in [0.05, 0.1) is 0 Å². The lowest BCUT2D eigenvalue weighted by molar-refractivity contribution is 0.0252. The highest BCUT2D eigenvalue weighted by atomic mass is 16.6. The first-order valence-electron chi connectivity index (χ1n) is 8.58. The van der Waals surface area contributed by atoms with Gasteiger partial charge in [0.15, 0.2) is 0 Å². The molecule has 1 amide bonds. The molecule has 4 nitrogen and oxygen atoms in total. The van der Waals surface area contributed by atoms with Gasteiger partial charge in [0, 0.05) is 13.1 Å². The van der Waals surface area contributed by atoms with Crippen molar-refractivity contribution in [2.45, 2.75) is 64.9 Å². The maximum absolute atomic E-state index is 12.3. The maximum atomic E-state index is 12.3. The van der Waals surface area contributed by atoms with E-state index in [-0.39, 0.29) is 6.09 Å². The number of amides is 1. The Hall–Kier alpha value is -0.770. The number of hydrogen-bond acceptors (Lipinski definition) is 3. The molecule has 2 rings (SSSR count). The van der Waals surface area contributed by atoms with Crippen LogP contribution in [0.25, 0.3) is 0 Å².